The number of hydrogen-bond acceptors (Lipinski definition) is 6. The van der Waals surface area contributed by atoms with Crippen LogP contribution in [-0.4, -0.2) is 52.2 Å². The van der Waals surface area contributed by atoms with E-state index in [1.807, 2.05) is 20.8 Å². The summed E-state index contributed by atoms with van der Waals surface area (Å²) in [5.74, 6) is 0.857. The molecule has 3 aliphatic rings. The van der Waals surface area contributed by atoms with E-state index in [9.17, 15) is 10.1 Å². The minimum absolute atomic E-state index is 0.107. The summed E-state index contributed by atoms with van der Waals surface area (Å²) in [5.41, 5.74) is 4.66. The third-order valence-electron chi connectivity index (χ3n) is 7.83. The van der Waals surface area contributed by atoms with Crippen LogP contribution in [0.25, 0.3) is 0 Å². The average Bonchev–Trinajstić information content (AvgIpc) is 2.83. The molecule has 36 heavy (non-hydrogen) atoms. The van der Waals surface area contributed by atoms with E-state index in [1.165, 1.54) is 24.0 Å². The summed E-state index contributed by atoms with van der Waals surface area (Å²) in [7, 11) is 0. The number of hydrogen-bond donors (Lipinski definition) is 0. The molecule has 2 unspecified atom stereocenters. The number of aryl methyl sites for hydroxylation is 1. The molecule has 1 aromatic carbocycles. The number of rotatable bonds is 2. The Kier molecular flexibility index (Phi) is 6.59. The number of fused-ring (bicyclic) bond motifs is 3. The maximum Gasteiger partial charge on any atom is 0.410 e. The van der Waals surface area contributed by atoms with Crippen LogP contribution < -0.4 is 4.90 Å². The molecule has 0 bridgehead atoms. The van der Waals surface area contributed by atoms with Crippen molar-refractivity contribution in [1.29, 1.82) is 5.26 Å². The molecular weight excluding hydrogens is 474 g/mol. The summed E-state index contributed by atoms with van der Waals surface area (Å²) in [5, 5.41) is 9.73. The highest BCUT2D eigenvalue weighted by Gasteiger charge is 2.42. The van der Waals surface area contributed by atoms with Crippen LogP contribution in [0.2, 0.25) is 5.28 Å². The number of anilines is 1. The third kappa shape index (κ3) is 4.76. The summed E-state index contributed by atoms with van der Waals surface area (Å²) in [6.45, 7) is 7.15. The van der Waals surface area contributed by atoms with Crippen LogP contribution in [0, 0.1) is 11.3 Å². The van der Waals surface area contributed by atoms with Gasteiger partial charge in [-0.15, -0.1) is 0 Å². The second kappa shape index (κ2) is 9.55. The maximum atomic E-state index is 12.8. The van der Waals surface area contributed by atoms with E-state index in [4.69, 9.17) is 21.3 Å². The quantitative estimate of drug-likeness (QED) is 0.517. The average molecular weight is 508 g/mol. The fraction of sp³-hybridized carbons (Fsp3) is 0.571. The van der Waals surface area contributed by atoms with Crippen LogP contribution in [0.15, 0.2) is 24.3 Å². The number of amides is 1. The van der Waals surface area contributed by atoms with Crippen LogP contribution in [0.3, 0.4) is 0 Å². The Balaban J connectivity index is 1.42. The molecule has 7 nitrogen and oxygen atoms in total. The monoisotopic (exact) mass is 507 g/mol. The highest BCUT2D eigenvalue weighted by Crippen LogP contribution is 2.47. The Bertz CT molecular complexity index is 1200. The van der Waals surface area contributed by atoms with Gasteiger partial charge < -0.3 is 14.5 Å². The van der Waals surface area contributed by atoms with Gasteiger partial charge in [-0.25, -0.2) is 14.8 Å². The summed E-state index contributed by atoms with van der Waals surface area (Å²) in [6, 6.07) is 10.8. The van der Waals surface area contributed by atoms with Crippen LogP contribution in [0.1, 0.15) is 68.8 Å². The van der Waals surface area contributed by atoms with Crippen LogP contribution >= 0.6 is 11.6 Å². The zero-order valence-corrected chi connectivity index (χ0v) is 22.1. The number of nitriles is 1. The van der Waals surface area contributed by atoms with Crippen molar-refractivity contribution >= 4 is 23.5 Å². The lowest BCUT2D eigenvalue weighted by atomic mass is 9.62. The molecular formula is C28H34ClN5O2. The Morgan fingerprint density at radius 1 is 1.22 bits per heavy atom. The minimum Gasteiger partial charge on any atom is -0.444 e. The first-order valence-corrected chi connectivity index (χ1v) is 13.3. The molecule has 0 saturated carbocycles. The van der Waals surface area contributed by atoms with Crippen molar-refractivity contribution in [3.05, 3.63) is 51.9 Å². The van der Waals surface area contributed by atoms with Gasteiger partial charge in [-0.05, 0) is 82.0 Å². The lowest BCUT2D eigenvalue weighted by molar-refractivity contribution is 0.0144. The van der Waals surface area contributed by atoms with E-state index in [-0.39, 0.29) is 29.3 Å². The molecule has 1 aliphatic heterocycles. The second-order valence-corrected chi connectivity index (χ2v) is 11.7. The van der Waals surface area contributed by atoms with Crippen LogP contribution in [0.4, 0.5) is 10.6 Å². The minimum atomic E-state index is -0.585. The molecule has 0 radical (unpaired) electrons. The lowest BCUT2D eigenvalue weighted by Gasteiger charge is -2.44. The van der Waals surface area contributed by atoms with Gasteiger partial charge in [-0.2, -0.15) is 5.26 Å². The predicted molar refractivity (Wildman–Crippen MR) is 139 cm³/mol. The van der Waals surface area contributed by atoms with Gasteiger partial charge >= 0.3 is 6.09 Å². The number of benzene rings is 1. The summed E-state index contributed by atoms with van der Waals surface area (Å²) >= 11 is 6.49. The fourth-order valence-electron chi connectivity index (χ4n) is 6.26. The molecule has 0 N–H and O–H groups in total. The molecule has 2 atom stereocenters. The molecule has 8 heteroatoms. The summed E-state index contributed by atoms with van der Waals surface area (Å²) in [6.07, 6.45) is 6.19. The number of ether oxygens (including phenoxy) is 1. The van der Waals surface area contributed by atoms with Gasteiger partial charge in [0.25, 0.3) is 0 Å². The number of carbonyl (C=O) groups is 1. The van der Waals surface area contributed by atoms with Gasteiger partial charge in [0.1, 0.15) is 11.4 Å². The zero-order chi connectivity index (χ0) is 25.5. The Labute approximate surface area is 218 Å². The highest BCUT2D eigenvalue weighted by molar-refractivity contribution is 6.28. The molecule has 190 valence electrons. The highest BCUT2D eigenvalue weighted by atomic mass is 35.5. The molecule has 1 amide bonds. The molecule has 1 saturated heterocycles. The first kappa shape index (κ1) is 24.8. The van der Waals surface area contributed by atoms with E-state index in [0.717, 1.165) is 42.8 Å². The molecule has 2 aliphatic carbocycles. The maximum absolute atomic E-state index is 12.8. The SMILES string of the molecule is CC(C)(C)OC(=O)N1CCN(c2nc(Cl)nc3c2CCC2(CCCc4ccccc42)C3)CC1CC#N. The Hall–Kier alpha value is -2.85. The molecule has 2 heterocycles. The Morgan fingerprint density at radius 2 is 2.03 bits per heavy atom. The van der Waals surface area contributed by atoms with Crippen molar-refractivity contribution in [2.24, 2.45) is 0 Å². The van der Waals surface area contributed by atoms with Gasteiger partial charge in [-0.3, -0.25) is 0 Å². The van der Waals surface area contributed by atoms with Crippen molar-refractivity contribution in [2.45, 2.75) is 82.8 Å². The first-order chi connectivity index (χ1) is 17.2. The van der Waals surface area contributed by atoms with Gasteiger partial charge in [0, 0.05) is 30.6 Å². The summed E-state index contributed by atoms with van der Waals surface area (Å²) in [4.78, 5) is 26.1. The van der Waals surface area contributed by atoms with Gasteiger partial charge in [0.2, 0.25) is 5.28 Å². The van der Waals surface area contributed by atoms with Crippen molar-refractivity contribution in [2.75, 3.05) is 24.5 Å². The molecule has 1 fully saturated rings. The summed E-state index contributed by atoms with van der Waals surface area (Å²) < 4.78 is 5.61. The molecule has 5 rings (SSSR count). The van der Waals surface area contributed by atoms with Gasteiger partial charge in [-0.1, -0.05) is 24.3 Å². The standard InChI is InChI=1S/C28H34ClN5O2/c1-27(2,3)36-26(35)34-16-15-33(18-20(34)11-14-30)24-21-10-13-28(17-23(21)31-25(29)32-24)12-6-8-19-7-4-5-9-22(19)28/h4-5,7,9,20H,6,8,10-13,15-18H2,1-3H3. The molecule has 1 aromatic heterocycles. The van der Waals surface area contributed by atoms with E-state index in [2.05, 4.69) is 40.2 Å². The van der Waals surface area contributed by atoms with Crippen LogP contribution in [0.5, 0.6) is 0 Å². The predicted octanol–water partition coefficient (Wildman–Crippen LogP) is 5.23. The van der Waals surface area contributed by atoms with Gasteiger partial charge in [0.15, 0.2) is 0 Å². The lowest BCUT2D eigenvalue weighted by Crippen LogP contribution is -2.56. The molecule has 1 spiro atoms. The fourth-order valence-corrected chi connectivity index (χ4v) is 6.45. The van der Waals surface area contributed by atoms with Crippen molar-refractivity contribution in [3.8, 4) is 6.07 Å². The van der Waals surface area contributed by atoms with Crippen molar-refractivity contribution in [1.82, 2.24) is 14.9 Å². The van der Waals surface area contributed by atoms with E-state index in [0.29, 0.717) is 19.6 Å². The largest absolute Gasteiger partial charge is 0.444 e. The number of halogens is 1. The van der Waals surface area contributed by atoms with E-state index in [1.54, 1.807) is 4.90 Å². The van der Waals surface area contributed by atoms with Crippen LogP contribution in [-0.2, 0) is 29.4 Å². The number of aromatic nitrogens is 2. The number of piperazine rings is 1. The van der Waals surface area contributed by atoms with E-state index < -0.39 is 5.60 Å². The smallest absolute Gasteiger partial charge is 0.410 e. The van der Waals surface area contributed by atoms with Crippen molar-refractivity contribution in [3.63, 3.8) is 0 Å². The number of carbonyl (C=O) groups excluding carboxylic acids is 1. The van der Waals surface area contributed by atoms with E-state index >= 15 is 0 Å². The van der Waals surface area contributed by atoms with Gasteiger partial charge in [0.05, 0.1) is 24.2 Å². The second-order valence-electron chi connectivity index (χ2n) is 11.3. The molecule has 2 aromatic rings. The topological polar surface area (TPSA) is 82.3 Å². The van der Waals surface area contributed by atoms with Crippen molar-refractivity contribution < 1.29 is 9.53 Å². The Morgan fingerprint density at radius 3 is 2.81 bits per heavy atom. The number of nitrogens with zero attached hydrogens (tertiary/aromatic N) is 5. The normalized spacial score (nSPS) is 23.6. The zero-order valence-electron chi connectivity index (χ0n) is 21.4. The third-order valence-corrected chi connectivity index (χ3v) is 8.00. The first-order valence-electron chi connectivity index (χ1n) is 12.9.